The second-order valence-electron chi connectivity index (χ2n) is 5.72. The summed E-state index contributed by atoms with van der Waals surface area (Å²) in [4.78, 5) is 22.9. The van der Waals surface area contributed by atoms with E-state index in [1.165, 1.54) is 0 Å². The fraction of sp³-hybridized carbons (Fsp3) is 0.846. The minimum absolute atomic E-state index is 0.372. The summed E-state index contributed by atoms with van der Waals surface area (Å²) < 4.78 is 10.1. The van der Waals surface area contributed by atoms with Gasteiger partial charge in [-0.1, -0.05) is 13.8 Å². The van der Waals surface area contributed by atoms with E-state index in [2.05, 4.69) is 19.2 Å². The average molecular weight is 259 g/mol. The quantitative estimate of drug-likeness (QED) is 0.770. The number of alkyl carbamates (subject to hydrolysis) is 1. The summed E-state index contributed by atoms with van der Waals surface area (Å²) in [5, 5.41) is 2.44. The van der Waals surface area contributed by atoms with Crippen LogP contribution in [-0.4, -0.2) is 30.3 Å². The average Bonchev–Trinajstić information content (AvgIpc) is 2.13. The Kier molecular flexibility index (Phi) is 6.73. The number of hydrogen-bond donors (Lipinski definition) is 1. The van der Waals surface area contributed by atoms with Crippen molar-refractivity contribution in [1.82, 2.24) is 5.32 Å². The van der Waals surface area contributed by atoms with Gasteiger partial charge in [-0.05, 0) is 40.0 Å². The maximum atomic E-state index is 11.5. The third-order valence-electron chi connectivity index (χ3n) is 2.03. The Morgan fingerprint density at radius 2 is 1.72 bits per heavy atom. The van der Waals surface area contributed by atoms with Crippen LogP contribution in [0, 0.1) is 5.92 Å². The van der Waals surface area contributed by atoms with Crippen LogP contribution < -0.4 is 5.32 Å². The second-order valence-corrected chi connectivity index (χ2v) is 5.72. The minimum atomic E-state index is -0.702. The van der Waals surface area contributed by atoms with Gasteiger partial charge in [-0.25, -0.2) is 9.59 Å². The Hall–Kier alpha value is -1.26. The van der Waals surface area contributed by atoms with E-state index in [-0.39, 0.29) is 0 Å². The molecule has 1 N–H and O–H groups in total. The molecule has 0 aromatic heterocycles. The third-order valence-corrected chi connectivity index (χ3v) is 2.03. The van der Waals surface area contributed by atoms with Gasteiger partial charge in [-0.2, -0.15) is 0 Å². The molecule has 5 heteroatoms. The van der Waals surface area contributed by atoms with Crippen LogP contribution in [-0.2, 0) is 14.3 Å². The zero-order valence-corrected chi connectivity index (χ0v) is 12.2. The van der Waals surface area contributed by atoms with Gasteiger partial charge in [0.1, 0.15) is 11.6 Å². The lowest BCUT2D eigenvalue weighted by Crippen LogP contribution is -2.42. The van der Waals surface area contributed by atoms with E-state index in [1.807, 2.05) is 0 Å². The van der Waals surface area contributed by atoms with Crippen molar-refractivity contribution < 1.29 is 19.1 Å². The molecule has 0 heterocycles. The number of hydrogen-bond acceptors (Lipinski definition) is 4. The Labute approximate surface area is 109 Å². The molecular formula is C13H25NO4. The molecule has 0 aromatic rings. The molecule has 0 aromatic carbocycles. The number of amides is 1. The van der Waals surface area contributed by atoms with Crippen molar-refractivity contribution in [3.05, 3.63) is 0 Å². The molecule has 0 unspecified atom stereocenters. The molecule has 0 saturated carbocycles. The van der Waals surface area contributed by atoms with Crippen LogP contribution in [0.15, 0.2) is 0 Å². The highest BCUT2D eigenvalue weighted by Gasteiger charge is 2.21. The Morgan fingerprint density at radius 1 is 1.17 bits per heavy atom. The Morgan fingerprint density at radius 3 is 2.17 bits per heavy atom. The number of nitrogens with one attached hydrogen (secondary N) is 1. The molecule has 0 aliphatic carbocycles. The number of esters is 1. The van der Waals surface area contributed by atoms with Crippen LogP contribution in [0.5, 0.6) is 0 Å². The van der Waals surface area contributed by atoms with E-state index in [0.717, 1.165) is 6.42 Å². The van der Waals surface area contributed by atoms with Crippen molar-refractivity contribution in [2.24, 2.45) is 5.92 Å². The van der Waals surface area contributed by atoms with Crippen LogP contribution in [0.2, 0.25) is 0 Å². The SMILES string of the molecule is CC(C)CCOC(=O)[C@H](C)NC(=O)OC(C)(C)C. The number of carbonyl (C=O) groups is 2. The molecule has 18 heavy (non-hydrogen) atoms. The third kappa shape index (κ3) is 8.84. The largest absolute Gasteiger partial charge is 0.464 e. The number of carbonyl (C=O) groups excluding carboxylic acids is 2. The fourth-order valence-electron chi connectivity index (χ4n) is 1.06. The zero-order valence-electron chi connectivity index (χ0n) is 12.2. The van der Waals surface area contributed by atoms with Gasteiger partial charge in [0.2, 0.25) is 0 Å². The second kappa shape index (κ2) is 7.24. The van der Waals surface area contributed by atoms with E-state index in [1.54, 1.807) is 27.7 Å². The van der Waals surface area contributed by atoms with Crippen LogP contribution in [0.1, 0.15) is 48.0 Å². The lowest BCUT2D eigenvalue weighted by Gasteiger charge is -2.21. The number of rotatable bonds is 5. The minimum Gasteiger partial charge on any atom is -0.464 e. The van der Waals surface area contributed by atoms with Gasteiger partial charge in [0.15, 0.2) is 0 Å². The first-order valence-electron chi connectivity index (χ1n) is 6.28. The summed E-state index contributed by atoms with van der Waals surface area (Å²) in [5.41, 5.74) is -0.578. The fourth-order valence-corrected chi connectivity index (χ4v) is 1.06. The van der Waals surface area contributed by atoms with Gasteiger partial charge in [-0.3, -0.25) is 0 Å². The molecule has 0 fully saturated rings. The Bertz CT molecular complexity index is 281. The zero-order chi connectivity index (χ0) is 14.3. The van der Waals surface area contributed by atoms with E-state index >= 15 is 0 Å². The van der Waals surface area contributed by atoms with Gasteiger partial charge < -0.3 is 14.8 Å². The van der Waals surface area contributed by atoms with E-state index in [9.17, 15) is 9.59 Å². The predicted octanol–water partition coefficient (Wildman–Crippen LogP) is 2.49. The van der Waals surface area contributed by atoms with E-state index in [4.69, 9.17) is 9.47 Å². The van der Waals surface area contributed by atoms with Crippen molar-refractivity contribution >= 4 is 12.1 Å². The summed E-state index contributed by atoms with van der Waals surface area (Å²) in [6.07, 6.45) is 0.195. The summed E-state index contributed by atoms with van der Waals surface area (Å²) in [6, 6.07) is -0.702. The van der Waals surface area contributed by atoms with E-state index < -0.39 is 23.7 Å². The van der Waals surface area contributed by atoms with Crippen LogP contribution in [0.4, 0.5) is 4.79 Å². The van der Waals surface area contributed by atoms with Gasteiger partial charge in [0, 0.05) is 0 Å². The summed E-state index contributed by atoms with van der Waals surface area (Å²) in [7, 11) is 0. The summed E-state index contributed by atoms with van der Waals surface area (Å²) >= 11 is 0. The number of ether oxygens (including phenoxy) is 2. The van der Waals surface area contributed by atoms with Crippen LogP contribution in [0.3, 0.4) is 0 Å². The highest BCUT2D eigenvalue weighted by atomic mass is 16.6. The molecule has 106 valence electrons. The van der Waals surface area contributed by atoms with Crippen molar-refractivity contribution in [3.63, 3.8) is 0 Å². The monoisotopic (exact) mass is 259 g/mol. The molecule has 0 rings (SSSR count). The van der Waals surface area contributed by atoms with Gasteiger partial charge in [-0.15, -0.1) is 0 Å². The predicted molar refractivity (Wildman–Crippen MR) is 69.2 cm³/mol. The van der Waals surface area contributed by atoms with Crippen LogP contribution >= 0.6 is 0 Å². The molecular weight excluding hydrogens is 234 g/mol. The van der Waals surface area contributed by atoms with Gasteiger partial charge in [0.05, 0.1) is 6.61 Å². The van der Waals surface area contributed by atoms with Gasteiger partial charge >= 0.3 is 12.1 Å². The molecule has 0 radical (unpaired) electrons. The molecule has 5 nitrogen and oxygen atoms in total. The maximum absolute atomic E-state index is 11.5. The maximum Gasteiger partial charge on any atom is 0.408 e. The molecule has 1 atom stereocenters. The topological polar surface area (TPSA) is 64.6 Å². The first-order chi connectivity index (χ1) is 8.11. The Balaban J connectivity index is 3.97. The molecule has 0 spiro atoms. The van der Waals surface area contributed by atoms with Gasteiger partial charge in [0.25, 0.3) is 0 Å². The smallest absolute Gasteiger partial charge is 0.408 e. The standard InChI is InChI=1S/C13H25NO4/c1-9(2)7-8-17-11(15)10(3)14-12(16)18-13(4,5)6/h9-10H,7-8H2,1-6H3,(H,14,16)/t10-/m0/s1. The first kappa shape index (κ1) is 16.7. The van der Waals surface area contributed by atoms with Crippen molar-refractivity contribution in [1.29, 1.82) is 0 Å². The highest BCUT2D eigenvalue weighted by Crippen LogP contribution is 2.07. The van der Waals surface area contributed by atoms with Crippen molar-refractivity contribution in [2.75, 3.05) is 6.61 Å². The van der Waals surface area contributed by atoms with Crippen molar-refractivity contribution in [2.45, 2.75) is 59.6 Å². The van der Waals surface area contributed by atoms with Crippen LogP contribution in [0.25, 0.3) is 0 Å². The first-order valence-corrected chi connectivity index (χ1v) is 6.28. The van der Waals surface area contributed by atoms with E-state index in [0.29, 0.717) is 12.5 Å². The molecule has 0 bridgehead atoms. The molecule has 0 aliphatic rings. The summed E-state index contributed by atoms with van der Waals surface area (Å²) in [6.45, 7) is 11.3. The lowest BCUT2D eigenvalue weighted by molar-refractivity contribution is -0.146. The molecule has 0 saturated heterocycles. The van der Waals surface area contributed by atoms with Crippen molar-refractivity contribution in [3.8, 4) is 0 Å². The molecule has 0 aliphatic heterocycles. The lowest BCUT2D eigenvalue weighted by atomic mass is 10.1. The summed E-state index contributed by atoms with van der Waals surface area (Å²) in [5.74, 6) is 0.0356. The molecule has 1 amide bonds. The highest BCUT2D eigenvalue weighted by molar-refractivity contribution is 5.80. The normalized spacial score (nSPS) is 13.1.